The number of hydrogen-bond donors (Lipinski definition) is 0. The van der Waals surface area contributed by atoms with Crippen LogP contribution in [-0.4, -0.2) is 31.1 Å². The molecule has 13 aromatic rings. The Morgan fingerprint density at radius 2 is 0.573 bits per heavy atom. The molecule has 0 N–H and O–H groups in total. The monoisotopic (exact) mass is 1080 g/mol. The van der Waals surface area contributed by atoms with Crippen molar-refractivity contribution in [3.05, 3.63) is 355 Å². The van der Waals surface area contributed by atoms with Gasteiger partial charge < -0.3 is 0 Å². The van der Waals surface area contributed by atoms with Gasteiger partial charge in [-0.1, -0.05) is 322 Å². The van der Waals surface area contributed by atoms with Crippen molar-refractivity contribution in [1.82, 2.24) is 15.0 Å². The fourth-order valence-electron chi connectivity index (χ4n) is 14.0. The summed E-state index contributed by atoms with van der Waals surface area (Å²) in [6, 6.07) is 119. The van der Waals surface area contributed by atoms with Crippen LogP contribution in [0.15, 0.2) is 322 Å². The van der Waals surface area contributed by atoms with E-state index in [2.05, 4.69) is 322 Å². The van der Waals surface area contributed by atoms with E-state index in [0.717, 1.165) is 16.7 Å². The van der Waals surface area contributed by atoms with Crippen molar-refractivity contribution < 1.29 is 0 Å². The van der Waals surface area contributed by atoms with Crippen LogP contribution in [-0.2, 0) is 0 Å². The number of rotatable bonds is 12. The molecule has 386 valence electrons. The maximum absolute atomic E-state index is 5.69. The van der Waals surface area contributed by atoms with Gasteiger partial charge in [0, 0.05) is 28.5 Å². The van der Waals surface area contributed by atoms with Crippen molar-refractivity contribution in [2.75, 3.05) is 0 Å². The predicted octanol–water partition coefficient (Wildman–Crippen LogP) is 12.3. The molecule has 0 saturated heterocycles. The first-order valence-corrected chi connectivity index (χ1v) is 32.4. The summed E-state index contributed by atoms with van der Waals surface area (Å²) in [4.78, 5) is 16.7. The number of benzene rings is 12. The summed E-state index contributed by atoms with van der Waals surface area (Å²) in [6.07, 6.45) is 0. The van der Waals surface area contributed by atoms with Gasteiger partial charge in [0.2, 0.25) is 0 Å². The van der Waals surface area contributed by atoms with Gasteiger partial charge in [-0.3, -0.25) is 0 Å². The van der Waals surface area contributed by atoms with Crippen LogP contribution in [0.1, 0.15) is 45.2 Å². The Kier molecular flexibility index (Phi) is 12.4. The van der Waals surface area contributed by atoms with Crippen molar-refractivity contribution in [2.45, 2.75) is 11.8 Å². The highest BCUT2D eigenvalue weighted by atomic mass is 28.3. The Morgan fingerprint density at radius 3 is 1.11 bits per heavy atom. The lowest BCUT2D eigenvalue weighted by Crippen LogP contribution is -2.75. The van der Waals surface area contributed by atoms with Crippen LogP contribution in [0.25, 0.3) is 45.3 Å². The lowest BCUT2D eigenvalue weighted by molar-refractivity contribution is 0.758. The molecular formula is C77H55N3Si2. The highest BCUT2D eigenvalue weighted by Crippen LogP contribution is 2.57. The molecule has 3 aliphatic carbocycles. The Hall–Kier alpha value is -9.92. The van der Waals surface area contributed by atoms with Crippen molar-refractivity contribution in [3.8, 4) is 45.3 Å². The highest BCUT2D eigenvalue weighted by molar-refractivity contribution is 7.20. The van der Waals surface area contributed by atoms with E-state index in [1.807, 2.05) is 0 Å². The molecule has 12 aromatic carbocycles. The molecule has 1 aromatic heterocycles. The second kappa shape index (κ2) is 20.6. The van der Waals surface area contributed by atoms with Crippen molar-refractivity contribution in [2.24, 2.45) is 0 Å². The standard InChI is InChI=1S/C77H55N3Si2/c1-8-27-54(28-9-1)55-49-51-63(52-50-55)82(61-38-18-6-19-39-61,62-40-20-7-21-41-62)70-48-26-46-68-71-65-43-22-23-44-66(65)74(73(68)70)72-67(71)45-25-47-69(72)77-79-75(56-29-10-2-11-30-56)78-76(80-77)57-31-24-42-64(53-57)81(58-32-12-3-13-33-58,59-34-14-4-15-35-59)60-36-16-5-17-37-60/h1-53,71,74H. The summed E-state index contributed by atoms with van der Waals surface area (Å²) >= 11 is 0. The highest BCUT2D eigenvalue weighted by Gasteiger charge is 2.50. The molecular weight excluding hydrogens is 1020 g/mol. The summed E-state index contributed by atoms with van der Waals surface area (Å²) in [5.74, 6) is 1.81. The minimum atomic E-state index is -3.12. The normalized spacial score (nSPS) is 14.1. The van der Waals surface area contributed by atoms with Crippen molar-refractivity contribution in [1.29, 1.82) is 0 Å². The molecule has 82 heavy (non-hydrogen) atoms. The fourth-order valence-corrected chi connectivity index (χ4v) is 23.8. The number of hydrogen-bond acceptors (Lipinski definition) is 3. The van der Waals surface area contributed by atoms with Gasteiger partial charge in [0.25, 0.3) is 0 Å². The Balaban J connectivity index is 0.968. The summed E-state index contributed by atoms with van der Waals surface area (Å²) in [6.45, 7) is 0. The maximum atomic E-state index is 5.69. The zero-order chi connectivity index (χ0) is 54.5. The maximum Gasteiger partial charge on any atom is 0.179 e. The van der Waals surface area contributed by atoms with E-state index in [0.29, 0.717) is 17.5 Å². The van der Waals surface area contributed by atoms with E-state index in [4.69, 9.17) is 15.0 Å². The van der Waals surface area contributed by atoms with Crippen LogP contribution in [0.3, 0.4) is 0 Å². The lowest BCUT2D eigenvalue weighted by Gasteiger charge is -2.46. The van der Waals surface area contributed by atoms with Gasteiger partial charge in [-0.05, 0) is 86.0 Å². The van der Waals surface area contributed by atoms with Crippen LogP contribution in [0.5, 0.6) is 0 Å². The van der Waals surface area contributed by atoms with E-state index in [9.17, 15) is 0 Å². The van der Waals surface area contributed by atoms with Gasteiger partial charge in [0.15, 0.2) is 33.6 Å². The van der Waals surface area contributed by atoms with Gasteiger partial charge in [-0.25, -0.2) is 15.0 Å². The Labute approximate surface area is 481 Å². The van der Waals surface area contributed by atoms with E-state index in [-0.39, 0.29) is 11.8 Å². The molecule has 5 heteroatoms. The third-order valence-electron chi connectivity index (χ3n) is 17.4. The molecule has 0 radical (unpaired) electrons. The minimum absolute atomic E-state index is 0.0107. The molecule has 2 unspecified atom stereocenters. The average Bonchev–Trinajstić information content (AvgIpc) is 2.86. The van der Waals surface area contributed by atoms with Crippen molar-refractivity contribution >= 4 is 57.6 Å². The molecule has 3 aliphatic rings. The quantitative estimate of drug-likeness (QED) is 0.0904. The minimum Gasteiger partial charge on any atom is -0.208 e. The SMILES string of the molecule is c1ccc(-c2ccc([Si](c3ccccc3)(c3ccccc3)c3cccc4c3C3c5ccccc5C4c4cccc(-c5nc(-c6ccccc6)nc(-c6cccc([Si](c7ccccc7)(c7ccccc7)c7ccccc7)c6)n5)c43)cc2)cc1. The fraction of sp³-hybridized carbons (Fsp3) is 0.0260. The van der Waals surface area contributed by atoms with E-state index in [1.54, 1.807) is 0 Å². The molecule has 0 fully saturated rings. The number of nitrogens with zero attached hydrogens (tertiary/aromatic N) is 3. The van der Waals surface area contributed by atoms with Gasteiger partial charge >= 0.3 is 0 Å². The molecule has 1 heterocycles. The molecule has 3 nitrogen and oxygen atoms in total. The van der Waals surface area contributed by atoms with Gasteiger partial charge in [0.1, 0.15) is 0 Å². The Morgan fingerprint density at radius 1 is 0.220 bits per heavy atom. The molecule has 0 amide bonds. The first-order valence-electron chi connectivity index (χ1n) is 28.4. The second-order valence-electron chi connectivity index (χ2n) is 21.6. The molecule has 0 spiro atoms. The smallest absolute Gasteiger partial charge is 0.179 e. The topological polar surface area (TPSA) is 38.7 Å². The van der Waals surface area contributed by atoms with Crippen LogP contribution >= 0.6 is 0 Å². The molecule has 0 aliphatic heterocycles. The molecule has 0 saturated carbocycles. The Bertz CT molecular complexity index is 4290. The molecule has 2 bridgehead atoms. The molecule has 16 rings (SSSR count). The summed E-state index contributed by atoms with van der Waals surface area (Å²) in [5.41, 5.74) is 13.4. The van der Waals surface area contributed by atoms with E-state index >= 15 is 0 Å². The average molecular weight is 1080 g/mol. The van der Waals surface area contributed by atoms with E-state index in [1.165, 1.54) is 86.0 Å². The second-order valence-corrected chi connectivity index (χ2v) is 29.2. The van der Waals surface area contributed by atoms with Crippen LogP contribution < -0.4 is 41.5 Å². The summed E-state index contributed by atoms with van der Waals surface area (Å²) in [5, 5.41) is 10.6. The van der Waals surface area contributed by atoms with Crippen LogP contribution in [0.2, 0.25) is 0 Å². The first-order chi connectivity index (χ1) is 40.7. The lowest BCUT2D eigenvalue weighted by atomic mass is 9.60. The van der Waals surface area contributed by atoms with Crippen LogP contribution in [0.4, 0.5) is 0 Å². The third kappa shape index (κ3) is 7.95. The zero-order valence-electron chi connectivity index (χ0n) is 45.1. The van der Waals surface area contributed by atoms with Crippen LogP contribution in [0, 0.1) is 0 Å². The molecule has 2 atom stereocenters. The summed E-state index contributed by atoms with van der Waals surface area (Å²) < 4.78 is 0. The third-order valence-corrected chi connectivity index (χ3v) is 27.0. The van der Waals surface area contributed by atoms with Gasteiger partial charge in [-0.15, -0.1) is 0 Å². The van der Waals surface area contributed by atoms with Crippen molar-refractivity contribution in [3.63, 3.8) is 0 Å². The van der Waals surface area contributed by atoms with Gasteiger partial charge in [0.05, 0.1) is 0 Å². The summed E-state index contributed by atoms with van der Waals surface area (Å²) in [7, 11) is -6.02. The van der Waals surface area contributed by atoms with Gasteiger partial charge in [-0.2, -0.15) is 0 Å². The van der Waals surface area contributed by atoms with E-state index < -0.39 is 16.1 Å². The first kappa shape index (κ1) is 49.2. The number of aromatic nitrogens is 3. The largest absolute Gasteiger partial charge is 0.208 e. The predicted molar refractivity (Wildman–Crippen MR) is 344 cm³/mol. The zero-order valence-corrected chi connectivity index (χ0v) is 47.1.